The van der Waals surface area contributed by atoms with Gasteiger partial charge in [0.1, 0.15) is 12.4 Å². The molecular formula is C7H7ClN2O2. The highest BCUT2D eigenvalue weighted by atomic mass is 35.5. The fraction of sp³-hybridized carbons (Fsp3) is 0.143. The maximum atomic E-state index is 10.2. The molecule has 1 heterocycles. The third kappa shape index (κ3) is 2.39. The number of carboxylic acids is 1. The minimum Gasteiger partial charge on any atom is -0.480 e. The smallest absolute Gasteiger partial charge is 0.322 e. The topological polar surface area (TPSA) is 62.2 Å². The molecular weight excluding hydrogens is 180 g/mol. The summed E-state index contributed by atoms with van der Waals surface area (Å²) in [7, 11) is 0. The van der Waals surface area contributed by atoms with Gasteiger partial charge in [-0.15, -0.1) is 0 Å². The summed E-state index contributed by atoms with van der Waals surface area (Å²) in [6.07, 6.45) is 1.54. The van der Waals surface area contributed by atoms with Gasteiger partial charge in [0.25, 0.3) is 0 Å². The fourth-order valence-electron chi connectivity index (χ4n) is 0.675. The van der Waals surface area contributed by atoms with Crippen LogP contribution in [0.5, 0.6) is 0 Å². The number of aromatic nitrogens is 1. The molecule has 0 spiro atoms. The lowest BCUT2D eigenvalue weighted by Crippen LogP contribution is -2.13. The van der Waals surface area contributed by atoms with Crippen molar-refractivity contribution in [2.75, 3.05) is 11.9 Å². The highest BCUT2D eigenvalue weighted by Crippen LogP contribution is 2.16. The van der Waals surface area contributed by atoms with Gasteiger partial charge >= 0.3 is 5.97 Å². The lowest BCUT2D eigenvalue weighted by molar-refractivity contribution is -0.134. The second-order valence-electron chi connectivity index (χ2n) is 2.08. The Hall–Kier alpha value is -1.29. The Morgan fingerprint density at radius 2 is 2.50 bits per heavy atom. The summed E-state index contributed by atoms with van der Waals surface area (Å²) in [5.41, 5.74) is 0. The van der Waals surface area contributed by atoms with E-state index in [9.17, 15) is 4.79 Å². The molecule has 0 bridgehead atoms. The van der Waals surface area contributed by atoms with Crippen LogP contribution in [0.15, 0.2) is 18.3 Å². The number of pyridine rings is 1. The van der Waals surface area contributed by atoms with Crippen LogP contribution < -0.4 is 5.32 Å². The Morgan fingerprint density at radius 1 is 1.75 bits per heavy atom. The summed E-state index contributed by atoms with van der Waals surface area (Å²) >= 11 is 5.69. The maximum absolute atomic E-state index is 10.2. The molecule has 0 saturated heterocycles. The quantitative estimate of drug-likeness (QED) is 0.746. The summed E-state index contributed by atoms with van der Waals surface area (Å²) in [4.78, 5) is 14.0. The van der Waals surface area contributed by atoms with Crippen molar-refractivity contribution < 1.29 is 9.90 Å². The van der Waals surface area contributed by atoms with Crippen LogP contribution >= 0.6 is 11.6 Å². The summed E-state index contributed by atoms with van der Waals surface area (Å²) < 4.78 is 0. The van der Waals surface area contributed by atoms with Crippen molar-refractivity contribution in [3.63, 3.8) is 0 Å². The van der Waals surface area contributed by atoms with Gasteiger partial charge < -0.3 is 10.4 Å². The molecule has 0 fully saturated rings. The first-order chi connectivity index (χ1) is 5.70. The van der Waals surface area contributed by atoms with E-state index in [1.807, 2.05) is 0 Å². The number of anilines is 1. The van der Waals surface area contributed by atoms with Crippen LogP contribution in [0.1, 0.15) is 0 Å². The second-order valence-corrected chi connectivity index (χ2v) is 2.49. The minimum atomic E-state index is -0.947. The summed E-state index contributed by atoms with van der Waals surface area (Å²) in [6, 6.07) is 3.31. The zero-order valence-electron chi connectivity index (χ0n) is 6.12. The van der Waals surface area contributed by atoms with Crippen molar-refractivity contribution in [2.45, 2.75) is 0 Å². The molecule has 0 aromatic carbocycles. The van der Waals surface area contributed by atoms with E-state index >= 15 is 0 Å². The number of aliphatic carboxylic acids is 1. The molecule has 4 nitrogen and oxygen atoms in total. The maximum Gasteiger partial charge on any atom is 0.322 e. The van der Waals surface area contributed by atoms with E-state index in [1.54, 1.807) is 12.1 Å². The molecule has 0 saturated carbocycles. The normalized spacial score (nSPS) is 9.42. The molecule has 2 N–H and O–H groups in total. The zero-order chi connectivity index (χ0) is 8.97. The van der Waals surface area contributed by atoms with Crippen LogP contribution in [0.2, 0.25) is 5.02 Å². The molecule has 0 amide bonds. The Balaban J connectivity index is 2.63. The lowest BCUT2D eigenvalue weighted by atomic mass is 10.4. The molecule has 0 aliphatic carbocycles. The predicted molar refractivity (Wildman–Crippen MR) is 45.4 cm³/mol. The molecule has 64 valence electrons. The average Bonchev–Trinajstić information content (AvgIpc) is 2.03. The first kappa shape index (κ1) is 8.80. The third-order valence-electron chi connectivity index (χ3n) is 1.17. The van der Waals surface area contributed by atoms with Crippen molar-refractivity contribution in [2.24, 2.45) is 0 Å². The number of hydrogen-bond donors (Lipinski definition) is 2. The van der Waals surface area contributed by atoms with Gasteiger partial charge in [0.15, 0.2) is 0 Å². The van der Waals surface area contributed by atoms with Crippen LogP contribution in [0.25, 0.3) is 0 Å². The fourth-order valence-corrected chi connectivity index (χ4v) is 0.863. The van der Waals surface area contributed by atoms with E-state index in [-0.39, 0.29) is 6.54 Å². The van der Waals surface area contributed by atoms with Crippen LogP contribution in [0, 0.1) is 0 Å². The van der Waals surface area contributed by atoms with Crippen molar-refractivity contribution in [1.82, 2.24) is 4.98 Å². The van der Waals surface area contributed by atoms with Crippen LogP contribution in [-0.4, -0.2) is 22.6 Å². The third-order valence-corrected chi connectivity index (χ3v) is 1.47. The van der Waals surface area contributed by atoms with Gasteiger partial charge in [-0.25, -0.2) is 4.98 Å². The van der Waals surface area contributed by atoms with E-state index in [0.29, 0.717) is 10.8 Å². The van der Waals surface area contributed by atoms with Crippen molar-refractivity contribution in [1.29, 1.82) is 0 Å². The Bertz CT molecular complexity index is 290. The number of halogens is 1. The first-order valence-electron chi connectivity index (χ1n) is 3.26. The van der Waals surface area contributed by atoms with Crippen molar-refractivity contribution in [3.8, 4) is 0 Å². The van der Waals surface area contributed by atoms with Gasteiger partial charge in [0.2, 0.25) is 0 Å². The first-order valence-corrected chi connectivity index (χ1v) is 3.64. The van der Waals surface area contributed by atoms with E-state index < -0.39 is 5.97 Å². The number of hydrogen-bond acceptors (Lipinski definition) is 3. The number of carboxylic acid groups (broad SMARTS) is 1. The molecule has 0 radical (unpaired) electrons. The Kier molecular flexibility index (Phi) is 2.88. The Labute approximate surface area is 74.2 Å². The number of rotatable bonds is 3. The molecule has 1 aromatic heterocycles. The molecule has 1 rings (SSSR count). The molecule has 0 aliphatic rings. The number of carbonyl (C=O) groups is 1. The number of nitrogens with zero attached hydrogens (tertiary/aromatic N) is 1. The van der Waals surface area contributed by atoms with Gasteiger partial charge in [0, 0.05) is 6.20 Å². The standard InChI is InChI=1S/C7H7ClN2O2/c8-5-2-1-3-9-7(5)10-4-6(11)12/h1-3H,4H2,(H,9,10)(H,11,12). The van der Waals surface area contributed by atoms with Crippen LogP contribution in [0.4, 0.5) is 5.82 Å². The van der Waals surface area contributed by atoms with Crippen LogP contribution in [0.3, 0.4) is 0 Å². The largest absolute Gasteiger partial charge is 0.480 e. The monoisotopic (exact) mass is 186 g/mol. The van der Waals surface area contributed by atoms with Gasteiger partial charge in [-0.3, -0.25) is 4.79 Å². The van der Waals surface area contributed by atoms with E-state index in [0.717, 1.165) is 0 Å². The SMILES string of the molecule is O=C(O)CNc1ncccc1Cl. The summed E-state index contributed by atoms with van der Waals surface area (Å²) in [5, 5.41) is 11.3. The van der Waals surface area contributed by atoms with Gasteiger partial charge in [0.05, 0.1) is 5.02 Å². The molecule has 0 aliphatic heterocycles. The Morgan fingerprint density at radius 3 is 3.08 bits per heavy atom. The summed E-state index contributed by atoms with van der Waals surface area (Å²) in [6.45, 7) is -0.184. The molecule has 12 heavy (non-hydrogen) atoms. The highest BCUT2D eigenvalue weighted by Gasteiger charge is 2.01. The van der Waals surface area contributed by atoms with E-state index in [4.69, 9.17) is 16.7 Å². The second kappa shape index (κ2) is 3.92. The average molecular weight is 187 g/mol. The highest BCUT2D eigenvalue weighted by molar-refractivity contribution is 6.32. The molecule has 0 atom stereocenters. The number of nitrogens with one attached hydrogen (secondary N) is 1. The van der Waals surface area contributed by atoms with E-state index in [2.05, 4.69) is 10.3 Å². The molecule has 1 aromatic rings. The van der Waals surface area contributed by atoms with Gasteiger partial charge in [-0.2, -0.15) is 0 Å². The van der Waals surface area contributed by atoms with Crippen molar-refractivity contribution >= 4 is 23.4 Å². The van der Waals surface area contributed by atoms with E-state index in [1.165, 1.54) is 6.20 Å². The minimum absolute atomic E-state index is 0.184. The zero-order valence-corrected chi connectivity index (χ0v) is 6.88. The van der Waals surface area contributed by atoms with Gasteiger partial charge in [-0.05, 0) is 12.1 Å². The van der Waals surface area contributed by atoms with Gasteiger partial charge in [-0.1, -0.05) is 11.6 Å². The lowest BCUT2D eigenvalue weighted by Gasteiger charge is -2.02. The van der Waals surface area contributed by atoms with Crippen molar-refractivity contribution in [3.05, 3.63) is 23.4 Å². The predicted octanol–water partition coefficient (Wildman–Crippen LogP) is 1.23. The molecule has 0 unspecified atom stereocenters. The molecule has 5 heteroatoms. The van der Waals surface area contributed by atoms with Crippen LogP contribution in [-0.2, 0) is 4.79 Å². The summed E-state index contributed by atoms with van der Waals surface area (Å²) in [5.74, 6) is -0.557.